The summed E-state index contributed by atoms with van der Waals surface area (Å²) < 4.78 is 17.8. The first-order valence-electron chi connectivity index (χ1n) is 8.46. The maximum atomic E-state index is 12.9. The standard InChI is InChI=1S/C19H27ClO3S/c1-14-7-9-15(10-8-14)24(22)17(20)19(11-5-6-12-19)13-16(21)23-18(2,3)4/h7-10,17H,5-6,11-13H2,1-4H3. The number of hydrogen-bond donors (Lipinski definition) is 0. The van der Waals surface area contributed by atoms with Gasteiger partial charge >= 0.3 is 5.97 Å². The van der Waals surface area contributed by atoms with Gasteiger partial charge in [0.1, 0.15) is 10.3 Å². The zero-order chi connectivity index (χ0) is 18.0. The van der Waals surface area contributed by atoms with Gasteiger partial charge in [0.15, 0.2) is 0 Å². The first kappa shape index (κ1) is 19.5. The normalized spacial score (nSPS) is 19.7. The fourth-order valence-corrected chi connectivity index (χ4v) is 5.27. The second-order valence-electron chi connectivity index (χ2n) is 7.76. The van der Waals surface area contributed by atoms with Crippen LogP contribution in [0, 0.1) is 12.3 Å². The van der Waals surface area contributed by atoms with Gasteiger partial charge in [-0.25, -0.2) is 0 Å². The molecular weight excluding hydrogens is 344 g/mol. The van der Waals surface area contributed by atoms with Crippen molar-refractivity contribution in [3.63, 3.8) is 0 Å². The minimum absolute atomic E-state index is 0.232. The molecule has 0 heterocycles. The lowest BCUT2D eigenvalue weighted by molar-refractivity contribution is -0.157. The van der Waals surface area contributed by atoms with E-state index in [0.29, 0.717) is 0 Å². The van der Waals surface area contributed by atoms with Crippen molar-refractivity contribution in [3.05, 3.63) is 29.8 Å². The molecule has 0 N–H and O–H groups in total. The van der Waals surface area contributed by atoms with Gasteiger partial charge in [0, 0.05) is 10.3 Å². The molecule has 134 valence electrons. The number of aryl methyl sites for hydroxylation is 1. The molecule has 2 atom stereocenters. The number of carbonyl (C=O) groups is 1. The van der Waals surface area contributed by atoms with E-state index < -0.39 is 26.5 Å². The number of ether oxygens (including phenoxy) is 1. The molecule has 24 heavy (non-hydrogen) atoms. The van der Waals surface area contributed by atoms with E-state index in [-0.39, 0.29) is 12.4 Å². The topological polar surface area (TPSA) is 43.4 Å². The molecular formula is C19H27ClO3S. The zero-order valence-corrected chi connectivity index (χ0v) is 16.5. The number of benzene rings is 1. The molecule has 1 aromatic rings. The first-order chi connectivity index (χ1) is 11.1. The van der Waals surface area contributed by atoms with Gasteiger partial charge in [0.05, 0.1) is 17.2 Å². The van der Waals surface area contributed by atoms with Gasteiger partial charge in [0.2, 0.25) is 0 Å². The van der Waals surface area contributed by atoms with Gasteiger partial charge in [-0.3, -0.25) is 9.00 Å². The van der Waals surface area contributed by atoms with Crippen molar-refractivity contribution in [3.8, 4) is 0 Å². The Morgan fingerprint density at radius 1 is 1.25 bits per heavy atom. The lowest BCUT2D eigenvalue weighted by atomic mass is 9.84. The average Bonchev–Trinajstić information content (AvgIpc) is 2.94. The maximum absolute atomic E-state index is 12.9. The number of hydrogen-bond acceptors (Lipinski definition) is 3. The molecule has 0 aromatic heterocycles. The molecule has 0 saturated heterocycles. The maximum Gasteiger partial charge on any atom is 0.306 e. The van der Waals surface area contributed by atoms with Crippen LogP contribution in [0.4, 0.5) is 0 Å². The molecule has 1 saturated carbocycles. The van der Waals surface area contributed by atoms with E-state index in [9.17, 15) is 9.00 Å². The third-order valence-corrected chi connectivity index (χ3v) is 7.00. The van der Waals surface area contributed by atoms with Crippen molar-refractivity contribution in [1.82, 2.24) is 0 Å². The second kappa shape index (κ2) is 7.57. The molecule has 5 heteroatoms. The Morgan fingerprint density at radius 3 is 2.29 bits per heavy atom. The highest BCUT2D eigenvalue weighted by Crippen LogP contribution is 2.48. The summed E-state index contributed by atoms with van der Waals surface area (Å²) >= 11 is 6.68. The Morgan fingerprint density at radius 2 is 1.79 bits per heavy atom. The monoisotopic (exact) mass is 370 g/mol. The van der Waals surface area contributed by atoms with Crippen molar-refractivity contribution >= 4 is 28.4 Å². The highest BCUT2D eigenvalue weighted by atomic mass is 35.5. The number of carbonyl (C=O) groups excluding carboxylic acids is 1. The van der Waals surface area contributed by atoms with Crippen molar-refractivity contribution in [2.24, 2.45) is 5.41 Å². The Hall–Kier alpha value is -0.870. The molecule has 0 amide bonds. The predicted octanol–water partition coefficient (Wildman–Crippen LogP) is 4.96. The van der Waals surface area contributed by atoms with Gasteiger partial charge < -0.3 is 4.74 Å². The van der Waals surface area contributed by atoms with E-state index in [1.165, 1.54) is 0 Å². The van der Waals surface area contributed by atoms with Gasteiger partial charge in [-0.05, 0) is 52.7 Å². The summed E-state index contributed by atoms with van der Waals surface area (Å²) in [6, 6.07) is 7.59. The second-order valence-corrected chi connectivity index (χ2v) is 9.99. The van der Waals surface area contributed by atoms with Crippen molar-refractivity contribution in [2.75, 3.05) is 0 Å². The molecule has 1 fully saturated rings. The van der Waals surface area contributed by atoms with E-state index >= 15 is 0 Å². The highest BCUT2D eigenvalue weighted by molar-refractivity contribution is 7.87. The van der Waals surface area contributed by atoms with Crippen molar-refractivity contribution in [2.45, 2.75) is 75.0 Å². The summed E-state index contributed by atoms with van der Waals surface area (Å²) in [4.78, 5) is 13.1. The molecule has 0 aliphatic heterocycles. The van der Waals surface area contributed by atoms with E-state index in [1.807, 2.05) is 52.0 Å². The summed E-state index contributed by atoms with van der Waals surface area (Å²) in [7, 11) is -1.35. The van der Waals surface area contributed by atoms with Crippen LogP contribution in [0.15, 0.2) is 29.2 Å². The molecule has 3 nitrogen and oxygen atoms in total. The molecule has 1 aliphatic rings. The first-order valence-corrected chi connectivity index (χ1v) is 10.1. The number of esters is 1. The van der Waals surface area contributed by atoms with Crippen LogP contribution < -0.4 is 0 Å². The number of rotatable bonds is 5. The van der Waals surface area contributed by atoms with E-state index in [4.69, 9.17) is 16.3 Å². The average molecular weight is 371 g/mol. The molecule has 2 rings (SSSR count). The Bertz CT molecular complexity index is 598. The van der Waals surface area contributed by atoms with Gasteiger partial charge in [-0.15, -0.1) is 11.6 Å². The SMILES string of the molecule is Cc1ccc(S(=O)C(Cl)C2(CC(=O)OC(C)(C)C)CCCC2)cc1. The summed E-state index contributed by atoms with van der Waals surface area (Å²) in [5.41, 5.74) is 0.153. The zero-order valence-electron chi connectivity index (χ0n) is 14.9. The number of halogens is 1. The Labute approximate surface area is 152 Å². The van der Waals surface area contributed by atoms with Crippen molar-refractivity contribution < 1.29 is 13.7 Å². The fourth-order valence-electron chi connectivity index (χ4n) is 3.25. The smallest absolute Gasteiger partial charge is 0.306 e. The summed E-state index contributed by atoms with van der Waals surface area (Å²) in [6.07, 6.45) is 3.89. The molecule has 2 unspecified atom stereocenters. The predicted molar refractivity (Wildman–Crippen MR) is 98.6 cm³/mol. The van der Waals surface area contributed by atoms with Crippen LogP contribution >= 0.6 is 11.6 Å². The summed E-state index contributed by atoms with van der Waals surface area (Å²) in [5, 5.41) is 0. The van der Waals surface area contributed by atoms with E-state index in [2.05, 4.69) is 0 Å². The summed E-state index contributed by atoms with van der Waals surface area (Å²) in [6.45, 7) is 7.56. The fraction of sp³-hybridized carbons (Fsp3) is 0.632. The Balaban J connectivity index is 2.17. The van der Waals surface area contributed by atoms with Gasteiger partial charge in [-0.2, -0.15) is 0 Å². The van der Waals surface area contributed by atoms with Crippen LogP contribution in [0.3, 0.4) is 0 Å². The lowest BCUT2D eigenvalue weighted by Crippen LogP contribution is -2.36. The molecule has 1 aliphatic carbocycles. The molecule has 1 aromatic carbocycles. The van der Waals surface area contributed by atoms with Crippen molar-refractivity contribution in [1.29, 1.82) is 0 Å². The quantitative estimate of drug-likeness (QED) is 0.543. The van der Waals surface area contributed by atoms with Crippen LogP contribution in [0.25, 0.3) is 0 Å². The van der Waals surface area contributed by atoms with Crippen LogP contribution in [0.1, 0.15) is 58.4 Å². The summed E-state index contributed by atoms with van der Waals surface area (Å²) in [5.74, 6) is -0.254. The third kappa shape index (κ3) is 4.82. The molecule has 0 bridgehead atoms. The molecule has 0 spiro atoms. The minimum Gasteiger partial charge on any atom is -0.460 e. The lowest BCUT2D eigenvalue weighted by Gasteiger charge is -2.33. The van der Waals surface area contributed by atoms with Crippen LogP contribution in [0.5, 0.6) is 0 Å². The molecule has 0 radical (unpaired) electrons. The van der Waals surface area contributed by atoms with Crippen LogP contribution in [-0.4, -0.2) is 20.5 Å². The van der Waals surface area contributed by atoms with Gasteiger partial charge in [0.25, 0.3) is 0 Å². The van der Waals surface area contributed by atoms with E-state index in [1.54, 1.807) is 0 Å². The van der Waals surface area contributed by atoms with Crippen LogP contribution in [-0.2, 0) is 20.3 Å². The van der Waals surface area contributed by atoms with E-state index in [0.717, 1.165) is 36.1 Å². The minimum atomic E-state index is -1.35. The third-order valence-electron chi connectivity index (χ3n) is 4.44. The van der Waals surface area contributed by atoms with Gasteiger partial charge in [-0.1, -0.05) is 30.5 Å². The highest BCUT2D eigenvalue weighted by Gasteiger charge is 2.46. The van der Waals surface area contributed by atoms with Crippen LogP contribution in [0.2, 0.25) is 0 Å². The number of alkyl halides is 1. The Kier molecular flexibility index (Phi) is 6.14. The largest absolute Gasteiger partial charge is 0.460 e.